The number of aromatic amines is 1. The van der Waals surface area contributed by atoms with E-state index in [1.165, 1.54) is 60.0 Å². The second-order valence-electron chi connectivity index (χ2n) is 9.79. The highest BCUT2D eigenvalue weighted by Gasteiger charge is 2.35. The van der Waals surface area contributed by atoms with E-state index in [0.717, 1.165) is 0 Å². The molecule has 2 heterocycles. The summed E-state index contributed by atoms with van der Waals surface area (Å²) in [6.45, 7) is 0. The van der Waals surface area contributed by atoms with Crippen LogP contribution < -0.4 is 4.90 Å². The van der Waals surface area contributed by atoms with Crippen molar-refractivity contribution in [3.63, 3.8) is 0 Å². The van der Waals surface area contributed by atoms with Crippen LogP contribution in [0.5, 0.6) is 0 Å². The molecule has 0 fully saturated rings. The number of benzene rings is 5. The molecule has 2 nitrogen and oxygen atoms in total. The van der Waals surface area contributed by atoms with Gasteiger partial charge in [0, 0.05) is 32.4 Å². The third kappa shape index (κ3) is 3.21. The van der Waals surface area contributed by atoms with Crippen molar-refractivity contribution in [3.8, 4) is 0 Å². The smallest absolute Gasteiger partial charge is 0.0683 e. The molecule has 1 aromatic heterocycles. The Labute approximate surface area is 219 Å². The first kappa shape index (κ1) is 20.9. The number of aromatic nitrogens is 1. The number of hydrogen-bond acceptors (Lipinski definition) is 2. The Hall–Kier alpha value is -4.21. The first-order valence-electron chi connectivity index (χ1n) is 12.8. The van der Waals surface area contributed by atoms with Crippen LogP contribution in [0.1, 0.15) is 5.56 Å². The normalized spacial score (nSPS) is 18.7. The lowest BCUT2D eigenvalue weighted by atomic mass is 9.93. The van der Waals surface area contributed by atoms with Crippen molar-refractivity contribution in [2.24, 2.45) is 0 Å². The SMILES string of the molecule is C1=CC2C(C=C1c1cccc3c1[nH]c1ccc4ccccc4c13)Sc1ccccc1N2c1ccccc1. The van der Waals surface area contributed by atoms with E-state index in [9.17, 15) is 0 Å². The standard InChI is InChI=1S/C34H24N2S/c1-2-10-24(11-3-1)36-29-15-6-7-16-31(29)37-32-21-23(18-20-30(32)36)26-13-8-14-27-33-25-12-5-4-9-22(25)17-19-28(33)35-34(26)27/h1-21,30,32,35H. The van der Waals surface area contributed by atoms with Crippen molar-refractivity contribution in [1.29, 1.82) is 0 Å². The molecule has 0 amide bonds. The lowest BCUT2D eigenvalue weighted by Gasteiger charge is -2.42. The fourth-order valence-corrected chi connectivity index (χ4v) is 7.36. The lowest BCUT2D eigenvalue weighted by molar-refractivity contribution is 0.780. The number of nitrogens with zero attached hydrogens (tertiary/aromatic N) is 1. The predicted molar refractivity (Wildman–Crippen MR) is 159 cm³/mol. The minimum atomic E-state index is 0.261. The summed E-state index contributed by atoms with van der Waals surface area (Å²) in [5.74, 6) is 0. The second kappa shape index (κ2) is 8.16. The van der Waals surface area contributed by atoms with Gasteiger partial charge in [-0.05, 0) is 46.7 Å². The van der Waals surface area contributed by atoms with Gasteiger partial charge >= 0.3 is 0 Å². The quantitative estimate of drug-likeness (QED) is 0.260. The number of allylic oxidation sites excluding steroid dienone is 2. The van der Waals surface area contributed by atoms with Gasteiger partial charge in [-0.2, -0.15) is 0 Å². The molecule has 5 aromatic carbocycles. The van der Waals surface area contributed by atoms with E-state index in [1.807, 2.05) is 11.8 Å². The van der Waals surface area contributed by atoms with Gasteiger partial charge in [-0.15, -0.1) is 11.8 Å². The molecule has 0 saturated carbocycles. The summed E-state index contributed by atoms with van der Waals surface area (Å²) in [7, 11) is 0. The number of para-hydroxylation sites is 3. The topological polar surface area (TPSA) is 19.0 Å². The van der Waals surface area contributed by atoms with Crippen molar-refractivity contribution < 1.29 is 0 Å². The first-order valence-corrected chi connectivity index (χ1v) is 13.7. The molecule has 2 unspecified atom stereocenters. The number of thioether (sulfide) groups is 1. The summed E-state index contributed by atoms with van der Waals surface area (Å²) in [5.41, 5.74) is 7.46. The monoisotopic (exact) mass is 492 g/mol. The number of nitrogens with one attached hydrogen (secondary N) is 1. The van der Waals surface area contributed by atoms with Crippen LogP contribution in [0.3, 0.4) is 0 Å². The van der Waals surface area contributed by atoms with Gasteiger partial charge in [-0.25, -0.2) is 0 Å². The third-order valence-corrected chi connectivity index (χ3v) is 8.99. The molecule has 2 atom stereocenters. The highest BCUT2D eigenvalue weighted by Crippen LogP contribution is 2.48. The van der Waals surface area contributed by atoms with Gasteiger partial charge in [0.2, 0.25) is 0 Å². The molecule has 1 N–H and O–H groups in total. The molecule has 0 bridgehead atoms. The Balaban J connectivity index is 1.28. The van der Waals surface area contributed by atoms with Crippen molar-refractivity contribution >= 4 is 61.3 Å². The van der Waals surface area contributed by atoms with E-state index < -0.39 is 0 Å². The second-order valence-corrected chi connectivity index (χ2v) is 11.0. The number of H-pyrrole nitrogens is 1. The van der Waals surface area contributed by atoms with Crippen LogP contribution in [0.15, 0.2) is 132 Å². The van der Waals surface area contributed by atoms with E-state index in [1.54, 1.807) is 0 Å². The molecule has 1 aliphatic carbocycles. The van der Waals surface area contributed by atoms with Gasteiger partial charge in [-0.1, -0.05) is 97.1 Å². The number of anilines is 2. The predicted octanol–water partition coefficient (Wildman–Crippen LogP) is 9.11. The lowest BCUT2D eigenvalue weighted by Crippen LogP contribution is -2.41. The number of rotatable bonds is 2. The first-order chi connectivity index (χ1) is 18.3. The summed E-state index contributed by atoms with van der Waals surface area (Å²) in [6, 6.07) is 39.6. The summed E-state index contributed by atoms with van der Waals surface area (Å²) in [6.07, 6.45) is 7.19. The van der Waals surface area contributed by atoms with Crippen LogP contribution in [-0.4, -0.2) is 16.3 Å². The zero-order valence-electron chi connectivity index (χ0n) is 20.1. The Bertz CT molecular complexity index is 1880. The van der Waals surface area contributed by atoms with Gasteiger partial charge in [0.1, 0.15) is 0 Å². The maximum absolute atomic E-state index is 3.77. The van der Waals surface area contributed by atoms with Gasteiger partial charge in [0.25, 0.3) is 0 Å². The molecule has 8 rings (SSSR count). The molecule has 176 valence electrons. The molecule has 1 aliphatic heterocycles. The van der Waals surface area contributed by atoms with Crippen LogP contribution >= 0.6 is 11.8 Å². The Morgan fingerprint density at radius 2 is 1.51 bits per heavy atom. The van der Waals surface area contributed by atoms with Crippen molar-refractivity contribution in [2.45, 2.75) is 16.2 Å². The van der Waals surface area contributed by atoms with Crippen LogP contribution in [0, 0.1) is 0 Å². The molecule has 0 radical (unpaired) electrons. The van der Waals surface area contributed by atoms with Gasteiger partial charge in [0.15, 0.2) is 0 Å². The zero-order chi connectivity index (χ0) is 24.3. The van der Waals surface area contributed by atoms with Gasteiger partial charge < -0.3 is 9.88 Å². The molecule has 3 heteroatoms. The van der Waals surface area contributed by atoms with E-state index >= 15 is 0 Å². The fourth-order valence-electron chi connectivity index (χ4n) is 6.06. The molecule has 6 aromatic rings. The maximum Gasteiger partial charge on any atom is 0.0683 e. The van der Waals surface area contributed by atoms with Crippen LogP contribution in [0.2, 0.25) is 0 Å². The Morgan fingerprint density at radius 1 is 0.703 bits per heavy atom. The Kier molecular flexibility index (Phi) is 4.61. The minimum Gasteiger partial charge on any atom is -0.354 e. The maximum atomic E-state index is 3.77. The average molecular weight is 493 g/mol. The fraction of sp³-hybridized carbons (Fsp3) is 0.0588. The summed E-state index contributed by atoms with van der Waals surface area (Å²) in [4.78, 5) is 7.59. The highest BCUT2D eigenvalue weighted by molar-refractivity contribution is 8.00. The van der Waals surface area contributed by atoms with Crippen molar-refractivity contribution in [1.82, 2.24) is 4.98 Å². The molecule has 0 spiro atoms. The summed E-state index contributed by atoms with van der Waals surface area (Å²) in [5, 5.41) is 5.49. The third-order valence-electron chi connectivity index (χ3n) is 7.71. The molecule has 0 saturated heterocycles. The largest absolute Gasteiger partial charge is 0.354 e. The number of hydrogen-bond donors (Lipinski definition) is 1. The van der Waals surface area contributed by atoms with Crippen molar-refractivity contribution in [3.05, 3.63) is 133 Å². The van der Waals surface area contributed by atoms with Gasteiger partial charge in [-0.3, -0.25) is 0 Å². The number of fused-ring (bicyclic) bond motifs is 7. The van der Waals surface area contributed by atoms with E-state index in [2.05, 4.69) is 137 Å². The van der Waals surface area contributed by atoms with E-state index in [-0.39, 0.29) is 6.04 Å². The summed E-state index contributed by atoms with van der Waals surface area (Å²) < 4.78 is 0. The molecule has 2 aliphatic rings. The summed E-state index contributed by atoms with van der Waals surface area (Å²) >= 11 is 1.97. The molecular formula is C34H24N2S. The van der Waals surface area contributed by atoms with E-state index in [4.69, 9.17) is 0 Å². The zero-order valence-corrected chi connectivity index (χ0v) is 21.0. The highest BCUT2D eigenvalue weighted by atomic mass is 32.2. The van der Waals surface area contributed by atoms with E-state index in [0.29, 0.717) is 5.25 Å². The van der Waals surface area contributed by atoms with Gasteiger partial charge in [0.05, 0.1) is 22.5 Å². The minimum absolute atomic E-state index is 0.261. The average Bonchev–Trinajstić information content (AvgIpc) is 3.35. The van der Waals surface area contributed by atoms with Crippen LogP contribution in [0.4, 0.5) is 11.4 Å². The van der Waals surface area contributed by atoms with Crippen molar-refractivity contribution in [2.75, 3.05) is 4.90 Å². The molecule has 37 heavy (non-hydrogen) atoms. The van der Waals surface area contributed by atoms with Crippen LogP contribution in [-0.2, 0) is 0 Å². The van der Waals surface area contributed by atoms with Crippen LogP contribution in [0.25, 0.3) is 38.2 Å². The molecular weight excluding hydrogens is 468 g/mol. The Morgan fingerprint density at radius 3 is 2.46 bits per heavy atom.